The summed E-state index contributed by atoms with van der Waals surface area (Å²) in [5, 5.41) is 11.3. The molecular formula is C26H21Cl2N2O7S-. The molecule has 0 fully saturated rings. The van der Waals surface area contributed by atoms with Crippen molar-refractivity contribution in [2.75, 3.05) is 20.3 Å². The molecule has 1 aliphatic rings. The van der Waals surface area contributed by atoms with E-state index < -0.39 is 30.1 Å². The van der Waals surface area contributed by atoms with Crippen molar-refractivity contribution in [1.82, 2.24) is 4.57 Å². The number of carbonyl (C=O) groups is 2. The minimum Gasteiger partial charge on any atom is -0.546 e. The Morgan fingerprint density at radius 2 is 1.95 bits per heavy atom. The lowest BCUT2D eigenvalue weighted by molar-refractivity contribution is -0.307. The van der Waals surface area contributed by atoms with Gasteiger partial charge < -0.3 is 24.1 Å². The Bertz CT molecular complexity index is 1640. The summed E-state index contributed by atoms with van der Waals surface area (Å²) in [6.45, 7) is 2.82. The zero-order chi connectivity index (χ0) is 27.6. The van der Waals surface area contributed by atoms with Crippen LogP contribution >= 0.6 is 34.5 Å². The van der Waals surface area contributed by atoms with Crippen LogP contribution < -0.4 is 29.5 Å². The number of ether oxygens (including phenoxy) is 3. The van der Waals surface area contributed by atoms with E-state index in [-0.39, 0.29) is 28.7 Å². The minimum absolute atomic E-state index is 0.0328. The third-order valence-electron chi connectivity index (χ3n) is 5.60. The Kier molecular flexibility index (Phi) is 8.25. The Morgan fingerprint density at radius 1 is 1.21 bits per heavy atom. The third-order valence-corrected chi connectivity index (χ3v) is 7.21. The molecule has 1 atom stereocenters. The molecule has 0 saturated carbocycles. The Balaban J connectivity index is 1.90. The van der Waals surface area contributed by atoms with Crippen molar-refractivity contribution in [3.05, 3.63) is 88.5 Å². The Morgan fingerprint density at radius 3 is 2.61 bits per heavy atom. The summed E-state index contributed by atoms with van der Waals surface area (Å²) in [6.07, 6.45) is 1.59. The number of carboxylic acid groups (broad SMARTS) is 1. The molecule has 38 heavy (non-hydrogen) atoms. The number of halogens is 2. The first-order chi connectivity index (χ1) is 18.2. The number of nitrogens with zero attached hydrogens (tertiary/aromatic N) is 2. The molecule has 12 heteroatoms. The van der Waals surface area contributed by atoms with Crippen LogP contribution in [0.1, 0.15) is 31.0 Å². The van der Waals surface area contributed by atoms with Crippen LogP contribution in [0.5, 0.6) is 11.5 Å². The zero-order valence-electron chi connectivity index (χ0n) is 20.4. The number of benzene rings is 2. The lowest BCUT2D eigenvalue weighted by Crippen LogP contribution is -2.40. The molecule has 3 aromatic rings. The summed E-state index contributed by atoms with van der Waals surface area (Å²) >= 11 is 14.0. The van der Waals surface area contributed by atoms with E-state index in [1.807, 2.05) is 0 Å². The van der Waals surface area contributed by atoms with Gasteiger partial charge in [-0.1, -0.05) is 52.7 Å². The van der Waals surface area contributed by atoms with E-state index >= 15 is 0 Å². The molecule has 0 bridgehead atoms. The highest BCUT2D eigenvalue weighted by Crippen LogP contribution is 2.37. The van der Waals surface area contributed by atoms with Gasteiger partial charge in [-0.15, -0.1) is 0 Å². The zero-order valence-corrected chi connectivity index (χ0v) is 22.8. The predicted molar refractivity (Wildman–Crippen MR) is 140 cm³/mol. The second-order valence-electron chi connectivity index (χ2n) is 8.02. The van der Waals surface area contributed by atoms with Crippen molar-refractivity contribution in [2.24, 2.45) is 4.99 Å². The monoisotopic (exact) mass is 575 g/mol. The van der Waals surface area contributed by atoms with E-state index in [1.54, 1.807) is 50.3 Å². The number of thiazole rings is 1. The normalized spacial score (nSPS) is 15.1. The molecule has 0 unspecified atom stereocenters. The number of fused-ring (bicyclic) bond motifs is 1. The second-order valence-corrected chi connectivity index (χ2v) is 9.84. The number of rotatable bonds is 8. The van der Waals surface area contributed by atoms with Crippen LogP contribution in [0.4, 0.5) is 0 Å². The number of aliphatic carboxylic acids is 1. The second kappa shape index (κ2) is 11.4. The number of hydrogen-bond acceptors (Lipinski definition) is 9. The van der Waals surface area contributed by atoms with Crippen molar-refractivity contribution in [2.45, 2.75) is 19.9 Å². The SMILES string of the molecule is CCOC(=O)C1=C(C)N=c2s/c(=C\c3cc(Cl)c(OCC(=O)[O-])c(OC)c3)c(=O)n2[C@H]1c1ccccc1Cl. The lowest BCUT2D eigenvalue weighted by atomic mass is 9.96. The fourth-order valence-corrected chi connectivity index (χ4v) is 5.59. The van der Waals surface area contributed by atoms with Crippen LogP contribution in [-0.2, 0) is 14.3 Å². The van der Waals surface area contributed by atoms with Gasteiger partial charge in [0.15, 0.2) is 16.3 Å². The van der Waals surface area contributed by atoms with Crippen molar-refractivity contribution < 1.29 is 28.9 Å². The lowest BCUT2D eigenvalue weighted by Gasteiger charge is -2.25. The molecule has 0 saturated heterocycles. The molecule has 198 valence electrons. The summed E-state index contributed by atoms with van der Waals surface area (Å²) in [6, 6.07) is 9.17. The molecule has 2 aromatic carbocycles. The van der Waals surface area contributed by atoms with Crippen LogP contribution in [-0.4, -0.2) is 36.8 Å². The molecule has 0 amide bonds. The fraction of sp³-hybridized carbons (Fsp3) is 0.231. The van der Waals surface area contributed by atoms with E-state index in [0.717, 1.165) is 11.3 Å². The van der Waals surface area contributed by atoms with Crippen molar-refractivity contribution in [3.8, 4) is 11.5 Å². The first-order valence-electron chi connectivity index (χ1n) is 11.3. The van der Waals surface area contributed by atoms with Crippen molar-refractivity contribution >= 4 is 52.6 Å². The quantitative estimate of drug-likeness (QED) is 0.378. The highest BCUT2D eigenvalue weighted by Gasteiger charge is 2.34. The maximum Gasteiger partial charge on any atom is 0.338 e. The third kappa shape index (κ3) is 5.33. The Hall–Kier alpha value is -3.60. The van der Waals surface area contributed by atoms with E-state index in [0.29, 0.717) is 31.2 Å². The average Bonchev–Trinajstić information content (AvgIpc) is 3.16. The van der Waals surface area contributed by atoms with Gasteiger partial charge in [0, 0.05) is 5.02 Å². The number of carboxylic acids is 1. The van der Waals surface area contributed by atoms with Crippen LogP contribution in [0, 0.1) is 0 Å². The molecule has 2 heterocycles. The highest BCUT2D eigenvalue weighted by molar-refractivity contribution is 7.07. The summed E-state index contributed by atoms with van der Waals surface area (Å²) < 4.78 is 17.5. The van der Waals surface area contributed by atoms with Gasteiger partial charge in [0.1, 0.15) is 12.6 Å². The maximum atomic E-state index is 13.7. The van der Waals surface area contributed by atoms with Gasteiger partial charge in [0.05, 0.1) is 40.5 Å². The number of esters is 1. The molecule has 0 radical (unpaired) electrons. The van der Waals surface area contributed by atoms with Crippen LogP contribution in [0.3, 0.4) is 0 Å². The largest absolute Gasteiger partial charge is 0.546 e. The first-order valence-corrected chi connectivity index (χ1v) is 12.9. The van der Waals surface area contributed by atoms with Gasteiger partial charge in [-0.3, -0.25) is 9.36 Å². The summed E-state index contributed by atoms with van der Waals surface area (Å²) in [7, 11) is 1.37. The van der Waals surface area contributed by atoms with Gasteiger partial charge in [0.2, 0.25) is 0 Å². The topological polar surface area (TPSA) is 119 Å². The molecule has 9 nitrogen and oxygen atoms in total. The van der Waals surface area contributed by atoms with E-state index in [4.69, 9.17) is 37.4 Å². The minimum atomic E-state index is -1.42. The maximum absolute atomic E-state index is 13.7. The summed E-state index contributed by atoms with van der Waals surface area (Å²) in [5.74, 6) is -1.80. The number of hydrogen-bond donors (Lipinski definition) is 0. The van der Waals surface area contributed by atoms with Gasteiger partial charge in [-0.25, -0.2) is 9.79 Å². The molecular weight excluding hydrogens is 555 g/mol. The van der Waals surface area contributed by atoms with Gasteiger partial charge in [0.25, 0.3) is 5.56 Å². The number of allylic oxidation sites excluding steroid dienone is 1. The fourth-order valence-electron chi connectivity index (χ4n) is 4.03. The highest BCUT2D eigenvalue weighted by atomic mass is 35.5. The predicted octanol–water partition coefficient (Wildman–Crippen LogP) is 2.24. The van der Waals surface area contributed by atoms with Gasteiger partial charge >= 0.3 is 5.97 Å². The Labute approximate surface area is 230 Å². The molecule has 0 spiro atoms. The standard InChI is InChI=1S/C26H22Cl2N2O7S/c1-4-36-25(34)21-13(2)29-26-30(22(21)15-7-5-6-8-16(15)27)24(33)19(38-26)11-14-9-17(28)23(18(10-14)35-3)37-12-20(31)32/h5-11,22H,4,12H2,1-3H3,(H,31,32)/p-1/b19-11-/t22-/m0/s1. The van der Waals surface area contributed by atoms with Gasteiger partial charge in [-0.05, 0) is 49.2 Å². The van der Waals surface area contributed by atoms with Crippen molar-refractivity contribution in [3.63, 3.8) is 0 Å². The first kappa shape index (κ1) is 27.4. The smallest absolute Gasteiger partial charge is 0.338 e. The van der Waals surface area contributed by atoms with E-state index in [2.05, 4.69) is 4.99 Å². The number of carbonyl (C=O) groups excluding carboxylic acids is 2. The van der Waals surface area contributed by atoms with Crippen LogP contribution in [0.25, 0.3) is 6.08 Å². The average molecular weight is 576 g/mol. The van der Waals surface area contributed by atoms with E-state index in [9.17, 15) is 19.5 Å². The number of methoxy groups -OCH3 is 1. The van der Waals surface area contributed by atoms with Crippen LogP contribution in [0.15, 0.2) is 57.5 Å². The van der Waals surface area contributed by atoms with Gasteiger partial charge in [-0.2, -0.15) is 0 Å². The number of aromatic nitrogens is 1. The molecule has 1 aromatic heterocycles. The molecule has 0 N–H and O–H groups in total. The van der Waals surface area contributed by atoms with Crippen LogP contribution in [0.2, 0.25) is 10.0 Å². The molecule has 1 aliphatic heterocycles. The van der Waals surface area contributed by atoms with Crippen molar-refractivity contribution in [1.29, 1.82) is 0 Å². The summed E-state index contributed by atoms with van der Waals surface area (Å²) in [4.78, 5) is 42.4. The summed E-state index contributed by atoms with van der Waals surface area (Å²) in [5.41, 5.74) is 1.28. The van der Waals surface area contributed by atoms with E-state index in [1.165, 1.54) is 17.7 Å². The molecule has 0 aliphatic carbocycles. The molecule has 4 rings (SSSR count).